The molecule has 0 aromatic carbocycles. The van der Waals surface area contributed by atoms with Crippen LogP contribution in [0.3, 0.4) is 0 Å². The Morgan fingerprint density at radius 3 is 2.45 bits per heavy atom. The fraction of sp³-hybridized carbons (Fsp3) is 0.889. The Morgan fingerprint density at radius 2 is 2.00 bits per heavy atom. The number of ketones is 1. The van der Waals surface area contributed by atoms with Gasteiger partial charge in [-0.05, 0) is 31.4 Å². The topological polar surface area (TPSA) is 17.1 Å². The number of Topliss-reactive ketones (excluding diaryl/α,β-unsaturated/α-hetero) is 1. The molecule has 0 radical (unpaired) electrons. The molecule has 2 heteroatoms. The maximum atomic E-state index is 11.6. The van der Waals surface area contributed by atoms with Gasteiger partial charge in [0, 0.05) is 5.92 Å². The van der Waals surface area contributed by atoms with Crippen molar-refractivity contribution in [2.45, 2.75) is 37.4 Å². The van der Waals surface area contributed by atoms with Crippen LogP contribution >= 0.6 is 11.8 Å². The summed E-state index contributed by atoms with van der Waals surface area (Å²) in [5, 5.41) is 0.389. The fourth-order valence-electron chi connectivity index (χ4n) is 1.76. The van der Waals surface area contributed by atoms with Crippen molar-refractivity contribution in [1.82, 2.24) is 0 Å². The van der Waals surface area contributed by atoms with E-state index in [9.17, 15) is 4.79 Å². The van der Waals surface area contributed by atoms with Gasteiger partial charge in [0.05, 0.1) is 5.25 Å². The first kappa shape index (κ1) is 7.66. The molecule has 0 aromatic heterocycles. The Hall–Kier alpha value is 0.0200. The second-order valence-corrected chi connectivity index (χ2v) is 4.84. The highest BCUT2D eigenvalue weighted by Gasteiger charge is 2.32. The Balaban J connectivity index is 1.87. The van der Waals surface area contributed by atoms with Gasteiger partial charge >= 0.3 is 0 Å². The molecule has 1 aliphatic carbocycles. The Kier molecular flexibility index (Phi) is 2.21. The number of hydrogen-bond acceptors (Lipinski definition) is 2. The molecule has 1 saturated carbocycles. The van der Waals surface area contributed by atoms with Crippen LogP contribution in [0.2, 0.25) is 0 Å². The predicted octanol–water partition coefficient (Wildman–Crippen LogP) is 2.25. The van der Waals surface area contributed by atoms with Crippen LogP contribution in [0, 0.1) is 5.92 Å². The second-order valence-electron chi connectivity index (χ2n) is 3.53. The molecule has 0 bridgehead atoms. The Morgan fingerprint density at radius 1 is 1.18 bits per heavy atom. The van der Waals surface area contributed by atoms with Crippen LogP contribution in [0.4, 0.5) is 0 Å². The van der Waals surface area contributed by atoms with Crippen molar-refractivity contribution in [2.75, 3.05) is 5.75 Å². The molecule has 2 rings (SSSR count). The zero-order valence-corrected chi connectivity index (χ0v) is 7.53. The molecule has 62 valence electrons. The largest absolute Gasteiger partial charge is 0.298 e. The van der Waals surface area contributed by atoms with E-state index in [0.717, 1.165) is 6.42 Å². The lowest BCUT2D eigenvalue weighted by molar-refractivity contribution is -0.124. The van der Waals surface area contributed by atoms with Crippen LogP contribution in [-0.4, -0.2) is 16.8 Å². The Labute approximate surface area is 71.9 Å². The third-order valence-corrected chi connectivity index (χ3v) is 4.15. The third kappa shape index (κ3) is 1.46. The summed E-state index contributed by atoms with van der Waals surface area (Å²) in [6, 6.07) is 0. The van der Waals surface area contributed by atoms with Crippen LogP contribution in [-0.2, 0) is 4.79 Å². The van der Waals surface area contributed by atoms with Crippen LogP contribution in [0.25, 0.3) is 0 Å². The van der Waals surface area contributed by atoms with Gasteiger partial charge in [-0.15, -0.1) is 0 Å². The standard InChI is InChI=1S/C9H14OS/c10-9(7-3-1-4-7)8-5-2-6-11-8/h7-8H,1-6H2. The maximum absolute atomic E-state index is 11.6. The summed E-state index contributed by atoms with van der Waals surface area (Å²) in [5.74, 6) is 2.24. The van der Waals surface area contributed by atoms with Crippen molar-refractivity contribution in [3.05, 3.63) is 0 Å². The number of rotatable bonds is 2. The highest BCUT2D eigenvalue weighted by molar-refractivity contribution is 8.00. The number of hydrogen-bond donors (Lipinski definition) is 0. The summed E-state index contributed by atoms with van der Waals surface area (Å²) >= 11 is 1.88. The Bertz CT molecular complexity index is 157. The van der Waals surface area contributed by atoms with Gasteiger partial charge in [0.2, 0.25) is 0 Å². The van der Waals surface area contributed by atoms with E-state index < -0.39 is 0 Å². The number of carbonyl (C=O) groups is 1. The van der Waals surface area contributed by atoms with Gasteiger partial charge in [-0.3, -0.25) is 4.79 Å². The minimum Gasteiger partial charge on any atom is -0.298 e. The number of thioether (sulfide) groups is 1. The smallest absolute Gasteiger partial charge is 0.148 e. The molecule has 1 aliphatic heterocycles. The molecule has 1 saturated heterocycles. The van der Waals surface area contributed by atoms with Gasteiger partial charge in [0.15, 0.2) is 0 Å². The molecule has 1 atom stereocenters. The normalized spacial score (nSPS) is 31.8. The van der Waals surface area contributed by atoms with Gasteiger partial charge < -0.3 is 0 Å². The highest BCUT2D eigenvalue weighted by atomic mass is 32.2. The van der Waals surface area contributed by atoms with Crippen molar-refractivity contribution >= 4 is 17.5 Å². The summed E-state index contributed by atoms with van der Waals surface area (Å²) in [6.07, 6.45) is 6.05. The van der Waals surface area contributed by atoms with Crippen LogP contribution < -0.4 is 0 Å². The summed E-state index contributed by atoms with van der Waals surface area (Å²) in [7, 11) is 0. The van der Waals surface area contributed by atoms with E-state index in [1.54, 1.807) is 0 Å². The molecule has 11 heavy (non-hydrogen) atoms. The van der Waals surface area contributed by atoms with Crippen LogP contribution in [0.1, 0.15) is 32.1 Å². The molecule has 0 aromatic rings. The summed E-state index contributed by atoms with van der Waals surface area (Å²) < 4.78 is 0. The fourth-order valence-corrected chi connectivity index (χ4v) is 3.07. The summed E-state index contributed by atoms with van der Waals surface area (Å²) in [5.41, 5.74) is 0. The average Bonchev–Trinajstić information content (AvgIpc) is 2.32. The van der Waals surface area contributed by atoms with E-state index in [1.165, 1.54) is 31.4 Å². The third-order valence-electron chi connectivity index (χ3n) is 2.75. The first-order chi connectivity index (χ1) is 5.38. The molecule has 1 heterocycles. The van der Waals surface area contributed by atoms with E-state index in [0.29, 0.717) is 17.0 Å². The van der Waals surface area contributed by atoms with E-state index in [-0.39, 0.29) is 0 Å². The van der Waals surface area contributed by atoms with Crippen LogP contribution in [0.15, 0.2) is 0 Å². The molecule has 2 aliphatic rings. The van der Waals surface area contributed by atoms with Crippen molar-refractivity contribution < 1.29 is 4.79 Å². The first-order valence-corrected chi connectivity index (χ1v) is 5.58. The molecule has 0 spiro atoms. The van der Waals surface area contributed by atoms with Gasteiger partial charge in [-0.1, -0.05) is 6.42 Å². The minimum absolute atomic E-state index is 0.389. The van der Waals surface area contributed by atoms with Crippen molar-refractivity contribution in [1.29, 1.82) is 0 Å². The molecular weight excluding hydrogens is 156 g/mol. The minimum atomic E-state index is 0.389. The van der Waals surface area contributed by atoms with Crippen LogP contribution in [0.5, 0.6) is 0 Å². The zero-order chi connectivity index (χ0) is 7.68. The van der Waals surface area contributed by atoms with E-state index in [4.69, 9.17) is 0 Å². The monoisotopic (exact) mass is 170 g/mol. The van der Waals surface area contributed by atoms with E-state index in [1.807, 2.05) is 11.8 Å². The SMILES string of the molecule is O=C(C1CCC1)C1CCCS1. The van der Waals surface area contributed by atoms with Gasteiger partial charge in [0.25, 0.3) is 0 Å². The maximum Gasteiger partial charge on any atom is 0.148 e. The lowest BCUT2D eigenvalue weighted by Crippen LogP contribution is -2.28. The molecule has 0 amide bonds. The quantitative estimate of drug-likeness (QED) is 0.632. The van der Waals surface area contributed by atoms with Gasteiger partial charge in [0.1, 0.15) is 5.78 Å². The lowest BCUT2D eigenvalue weighted by Gasteiger charge is -2.26. The lowest BCUT2D eigenvalue weighted by atomic mass is 9.80. The summed E-state index contributed by atoms with van der Waals surface area (Å²) in [4.78, 5) is 11.6. The van der Waals surface area contributed by atoms with Gasteiger partial charge in [-0.25, -0.2) is 0 Å². The van der Waals surface area contributed by atoms with Crippen molar-refractivity contribution in [3.63, 3.8) is 0 Å². The van der Waals surface area contributed by atoms with Crippen molar-refractivity contribution in [2.24, 2.45) is 5.92 Å². The molecule has 1 nitrogen and oxygen atoms in total. The molecule has 0 N–H and O–H groups in total. The van der Waals surface area contributed by atoms with E-state index in [2.05, 4.69) is 0 Å². The molecular formula is C9H14OS. The van der Waals surface area contributed by atoms with Crippen molar-refractivity contribution in [3.8, 4) is 0 Å². The molecule has 2 fully saturated rings. The average molecular weight is 170 g/mol. The van der Waals surface area contributed by atoms with Gasteiger partial charge in [-0.2, -0.15) is 11.8 Å². The summed E-state index contributed by atoms with van der Waals surface area (Å²) in [6.45, 7) is 0. The second kappa shape index (κ2) is 3.18. The molecule has 1 unspecified atom stereocenters. The highest BCUT2D eigenvalue weighted by Crippen LogP contribution is 2.35. The predicted molar refractivity (Wildman–Crippen MR) is 47.8 cm³/mol. The number of carbonyl (C=O) groups excluding carboxylic acids is 1. The van der Waals surface area contributed by atoms with E-state index >= 15 is 0 Å². The zero-order valence-electron chi connectivity index (χ0n) is 6.71. The first-order valence-electron chi connectivity index (χ1n) is 4.53.